The number of amides is 1. The first-order chi connectivity index (χ1) is 14.2. The first-order valence-electron chi connectivity index (χ1n) is 10.2. The molecule has 0 N–H and O–H groups in total. The van der Waals surface area contributed by atoms with Gasteiger partial charge in [0.2, 0.25) is 5.91 Å². The molecule has 0 spiro atoms. The molecule has 154 valence electrons. The van der Waals surface area contributed by atoms with Gasteiger partial charge in [-0.3, -0.25) is 9.69 Å². The first kappa shape index (κ1) is 21.3. The van der Waals surface area contributed by atoms with Crippen LogP contribution in [0, 0.1) is 0 Å². The fourth-order valence-electron chi connectivity index (χ4n) is 3.33. The van der Waals surface area contributed by atoms with E-state index in [9.17, 15) is 4.79 Å². The molecular weight excluding hydrogens is 382 g/mol. The molecular formula is C23H29N3O2S. The number of ether oxygens (including phenoxy) is 1. The Hall–Kier alpha value is -2.44. The summed E-state index contributed by atoms with van der Waals surface area (Å²) in [4.78, 5) is 22.1. The Balaban J connectivity index is 1.83. The van der Waals surface area contributed by atoms with Crippen molar-refractivity contribution in [2.45, 2.75) is 26.7 Å². The highest BCUT2D eigenvalue weighted by Gasteiger charge is 2.21. The molecule has 0 fully saturated rings. The van der Waals surface area contributed by atoms with Crippen LogP contribution in [0.15, 0.2) is 48.5 Å². The number of methoxy groups -OCH3 is 1. The molecule has 1 aromatic heterocycles. The van der Waals surface area contributed by atoms with Gasteiger partial charge < -0.3 is 9.64 Å². The van der Waals surface area contributed by atoms with E-state index in [0.29, 0.717) is 13.0 Å². The summed E-state index contributed by atoms with van der Waals surface area (Å²) < 4.78 is 6.48. The predicted octanol–water partition coefficient (Wildman–Crippen LogP) is 4.61. The van der Waals surface area contributed by atoms with E-state index in [4.69, 9.17) is 9.72 Å². The Morgan fingerprint density at radius 3 is 2.48 bits per heavy atom. The smallest absolute Gasteiger partial charge is 0.229 e. The molecule has 0 aliphatic rings. The maximum absolute atomic E-state index is 13.2. The number of rotatable bonds is 10. The first-order valence-corrected chi connectivity index (χ1v) is 11.0. The minimum absolute atomic E-state index is 0.110. The highest BCUT2D eigenvalue weighted by Crippen LogP contribution is 2.34. The number of likely N-dealkylation sites (N-methyl/N-ethyl adjacent to an activating group) is 1. The number of fused-ring (bicyclic) bond motifs is 1. The number of aromatic nitrogens is 1. The van der Waals surface area contributed by atoms with E-state index in [1.165, 1.54) is 5.56 Å². The van der Waals surface area contributed by atoms with Gasteiger partial charge in [0.25, 0.3) is 0 Å². The monoisotopic (exact) mass is 411 g/mol. The highest BCUT2D eigenvalue weighted by atomic mass is 32.1. The van der Waals surface area contributed by atoms with Crippen molar-refractivity contribution < 1.29 is 9.53 Å². The van der Waals surface area contributed by atoms with Gasteiger partial charge in [-0.1, -0.05) is 61.6 Å². The van der Waals surface area contributed by atoms with E-state index in [-0.39, 0.29) is 5.91 Å². The average molecular weight is 412 g/mol. The molecule has 6 heteroatoms. The minimum atomic E-state index is 0.110. The zero-order valence-corrected chi connectivity index (χ0v) is 18.2. The Labute approximate surface area is 176 Å². The van der Waals surface area contributed by atoms with Crippen LogP contribution in [0.5, 0.6) is 5.75 Å². The number of aryl methyl sites for hydroxylation is 1. The van der Waals surface area contributed by atoms with Crippen molar-refractivity contribution in [2.24, 2.45) is 0 Å². The van der Waals surface area contributed by atoms with Crippen molar-refractivity contribution in [3.05, 3.63) is 54.1 Å². The maximum atomic E-state index is 13.2. The van der Waals surface area contributed by atoms with Crippen LogP contribution < -0.4 is 9.64 Å². The van der Waals surface area contributed by atoms with Crippen molar-refractivity contribution in [1.29, 1.82) is 0 Å². The maximum Gasteiger partial charge on any atom is 0.229 e. The van der Waals surface area contributed by atoms with Gasteiger partial charge in [-0.2, -0.15) is 0 Å². The molecule has 3 aromatic rings. The fraction of sp³-hybridized carbons (Fsp3) is 0.391. The second kappa shape index (κ2) is 10.4. The minimum Gasteiger partial charge on any atom is -0.494 e. The highest BCUT2D eigenvalue weighted by molar-refractivity contribution is 7.22. The molecule has 0 unspecified atom stereocenters. The zero-order valence-electron chi connectivity index (χ0n) is 17.4. The van der Waals surface area contributed by atoms with Crippen LogP contribution in [-0.4, -0.2) is 49.1 Å². The second-order valence-corrected chi connectivity index (χ2v) is 7.87. The normalized spacial score (nSPS) is 11.2. The van der Waals surface area contributed by atoms with Crippen LogP contribution >= 0.6 is 11.3 Å². The van der Waals surface area contributed by atoms with Crippen molar-refractivity contribution in [1.82, 2.24) is 9.88 Å². The van der Waals surface area contributed by atoms with E-state index in [1.54, 1.807) is 18.4 Å². The summed E-state index contributed by atoms with van der Waals surface area (Å²) in [7, 11) is 1.65. The lowest BCUT2D eigenvalue weighted by Gasteiger charge is -2.24. The molecule has 3 rings (SSSR count). The third-order valence-corrected chi connectivity index (χ3v) is 6.17. The van der Waals surface area contributed by atoms with E-state index < -0.39 is 0 Å². The Bertz CT molecular complexity index is 922. The molecule has 2 aromatic carbocycles. The quantitative estimate of drug-likeness (QED) is 0.489. The van der Waals surface area contributed by atoms with E-state index >= 15 is 0 Å². The molecule has 0 saturated carbocycles. The molecule has 0 bridgehead atoms. The standard InChI is InChI=1S/C23H29N3O2S/c1-4-25(5-2)16-17-26(21(27)15-14-18-10-7-6-8-11-18)23-24-22-19(28-3)12-9-13-20(22)29-23/h6-13H,4-5,14-17H2,1-3H3. The van der Waals surface area contributed by atoms with Crippen LogP contribution in [-0.2, 0) is 11.2 Å². The number of para-hydroxylation sites is 1. The van der Waals surface area contributed by atoms with Crippen molar-refractivity contribution in [2.75, 3.05) is 38.2 Å². The number of carbonyl (C=O) groups excluding carboxylic acids is 1. The van der Waals surface area contributed by atoms with Gasteiger partial charge in [0.1, 0.15) is 11.3 Å². The summed E-state index contributed by atoms with van der Waals surface area (Å²) >= 11 is 1.55. The Morgan fingerprint density at radius 1 is 1.03 bits per heavy atom. The summed E-state index contributed by atoms with van der Waals surface area (Å²) in [6.07, 6.45) is 1.20. The largest absolute Gasteiger partial charge is 0.494 e. The Morgan fingerprint density at radius 2 is 1.79 bits per heavy atom. The van der Waals surface area contributed by atoms with Gasteiger partial charge in [0.15, 0.2) is 5.13 Å². The van der Waals surface area contributed by atoms with Crippen molar-refractivity contribution >= 4 is 32.6 Å². The van der Waals surface area contributed by atoms with Crippen molar-refractivity contribution in [3.8, 4) is 5.75 Å². The third-order valence-electron chi connectivity index (χ3n) is 5.13. The Kier molecular flexibility index (Phi) is 7.61. The third kappa shape index (κ3) is 5.34. The van der Waals surface area contributed by atoms with Gasteiger partial charge in [0.05, 0.1) is 11.8 Å². The number of hydrogen-bond donors (Lipinski definition) is 0. The van der Waals surface area contributed by atoms with Crippen molar-refractivity contribution in [3.63, 3.8) is 0 Å². The van der Waals surface area contributed by atoms with Crippen LogP contribution in [0.1, 0.15) is 25.8 Å². The number of nitrogens with zero attached hydrogens (tertiary/aromatic N) is 3. The lowest BCUT2D eigenvalue weighted by atomic mass is 10.1. The number of hydrogen-bond acceptors (Lipinski definition) is 5. The lowest BCUT2D eigenvalue weighted by molar-refractivity contribution is -0.118. The zero-order chi connectivity index (χ0) is 20.6. The summed E-state index contributed by atoms with van der Waals surface area (Å²) in [6, 6.07) is 16.0. The second-order valence-electron chi connectivity index (χ2n) is 6.86. The van der Waals surface area contributed by atoms with Gasteiger partial charge in [-0.15, -0.1) is 0 Å². The molecule has 0 saturated heterocycles. The molecule has 0 atom stereocenters. The molecule has 0 aliphatic heterocycles. The number of thiazole rings is 1. The molecule has 0 radical (unpaired) electrons. The van der Waals surface area contributed by atoms with Crippen LogP contribution in [0.2, 0.25) is 0 Å². The van der Waals surface area contributed by atoms with Gasteiger partial charge in [-0.05, 0) is 37.2 Å². The molecule has 1 amide bonds. The van der Waals surface area contributed by atoms with E-state index in [2.05, 4.69) is 30.9 Å². The fourth-order valence-corrected chi connectivity index (χ4v) is 4.36. The number of carbonyl (C=O) groups is 1. The molecule has 29 heavy (non-hydrogen) atoms. The van der Waals surface area contributed by atoms with Gasteiger partial charge in [0, 0.05) is 19.5 Å². The average Bonchev–Trinajstić information content (AvgIpc) is 3.20. The number of anilines is 1. The van der Waals surface area contributed by atoms with Crippen LogP contribution in [0.3, 0.4) is 0 Å². The van der Waals surface area contributed by atoms with Gasteiger partial charge >= 0.3 is 0 Å². The summed E-state index contributed by atoms with van der Waals surface area (Å²) in [5, 5.41) is 0.745. The van der Waals surface area contributed by atoms with E-state index in [1.807, 2.05) is 41.3 Å². The van der Waals surface area contributed by atoms with Gasteiger partial charge in [-0.25, -0.2) is 4.98 Å². The molecule has 5 nitrogen and oxygen atoms in total. The SMILES string of the molecule is CCN(CC)CCN(C(=O)CCc1ccccc1)c1nc2c(OC)cccc2s1. The van der Waals surface area contributed by atoms with E-state index in [0.717, 1.165) is 47.2 Å². The predicted molar refractivity (Wildman–Crippen MR) is 121 cm³/mol. The molecule has 1 heterocycles. The summed E-state index contributed by atoms with van der Waals surface area (Å²) in [5.41, 5.74) is 1.99. The summed E-state index contributed by atoms with van der Waals surface area (Å²) in [5.74, 6) is 0.851. The lowest BCUT2D eigenvalue weighted by Crippen LogP contribution is -2.39. The van der Waals surface area contributed by atoms with Crippen LogP contribution in [0.4, 0.5) is 5.13 Å². The summed E-state index contributed by atoms with van der Waals surface area (Å²) in [6.45, 7) is 7.70. The topological polar surface area (TPSA) is 45.7 Å². The number of benzene rings is 2. The molecule has 0 aliphatic carbocycles. The van der Waals surface area contributed by atoms with Crippen LogP contribution in [0.25, 0.3) is 10.2 Å².